The molecule has 0 aliphatic carbocycles. The molecule has 248 valence electrons. The third kappa shape index (κ3) is 4.52. The van der Waals surface area contributed by atoms with Crippen molar-refractivity contribution in [3.8, 4) is 33.6 Å². The van der Waals surface area contributed by atoms with Gasteiger partial charge in [-0.15, -0.1) is 0 Å². The first-order valence-electron chi connectivity index (χ1n) is 17.9. The Morgan fingerprint density at radius 2 is 0.830 bits per heavy atom. The summed E-state index contributed by atoms with van der Waals surface area (Å²) < 4.78 is 10.4. The van der Waals surface area contributed by atoms with Crippen molar-refractivity contribution in [2.24, 2.45) is 0 Å². The number of hydrogen-bond donors (Lipinski definition) is 0. The second kappa shape index (κ2) is 11.4. The smallest absolute Gasteiger partial charge is 0.344 e. The summed E-state index contributed by atoms with van der Waals surface area (Å²) in [5.41, 5.74) is 11.5. The van der Waals surface area contributed by atoms with Gasteiger partial charge in [-0.2, -0.15) is 0 Å². The van der Waals surface area contributed by atoms with Crippen LogP contribution in [0.15, 0.2) is 191 Å². The van der Waals surface area contributed by atoms with E-state index < -0.39 is 0 Å². The van der Waals surface area contributed by atoms with Crippen LogP contribution in [0.25, 0.3) is 99.0 Å². The SMILES string of the molecule is O=c1oc2ccccc2c2ccc(-n3c4ccc(-c5ccccc5)cc4c4cc(-c5ccc6c(c5)c5ccccc5n6-c5ccccc5)ccc43)cc12. The molecule has 4 heteroatoms. The largest absolute Gasteiger partial charge is 0.422 e. The third-order valence-corrected chi connectivity index (χ3v) is 10.8. The molecule has 0 amide bonds. The minimum absolute atomic E-state index is 0.334. The Labute approximate surface area is 304 Å². The highest BCUT2D eigenvalue weighted by molar-refractivity contribution is 6.14. The topological polar surface area (TPSA) is 40.1 Å². The molecule has 8 aromatic carbocycles. The van der Waals surface area contributed by atoms with Crippen molar-refractivity contribution < 1.29 is 4.42 Å². The zero-order chi connectivity index (χ0) is 35.0. The molecule has 11 rings (SSSR count). The summed E-state index contributed by atoms with van der Waals surface area (Å²) in [6, 6.07) is 63.9. The first-order valence-corrected chi connectivity index (χ1v) is 17.9. The van der Waals surface area contributed by atoms with Gasteiger partial charge in [0.2, 0.25) is 0 Å². The molecule has 0 N–H and O–H groups in total. The van der Waals surface area contributed by atoms with Crippen LogP contribution in [0.5, 0.6) is 0 Å². The van der Waals surface area contributed by atoms with Gasteiger partial charge < -0.3 is 13.6 Å². The minimum Gasteiger partial charge on any atom is -0.422 e. The van der Waals surface area contributed by atoms with E-state index in [0.29, 0.717) is 11.0 Å². The summed E-state index contributed by atoms with van der Waals surface area (Å²) in [5.74, 6) is 0. The van der Waals surface area contributed by atoms with E-state index in [4.69, 9.17) is 4.42 Å². The fraction of sp³-hybridized carbons (Fsp3) is 0. The highest BCUT2D eigenvalue weighted by Crippen LogP contribution is 2.40. The number of aromatic nitrogens is 2. The molecule has 4 nitrogen and oxygen atoms in total. The Bertz CT molecular complexity index is 3300. The van der Waals surface area contributed by atoms with Crippen LogP contribution < -0.4 is 5.63 Å². The molecular weight excluding hydrogens is 649 g/mol. The van der Waals surface area contributed by atoms with Crippen molar-refractivity contribution in [2.45, 2.75) is 0 Å². The van der Waals surface area contributed by atoms with Gasteiger partial charge >= 0.3 is 5.63 Å². The lowest BCUT2D eigenvalue weighted by atomic mass is 9.99. The van der Waals surface area contributed by atoms with Crippen molar-refractivity contribution in [2.75, 3.05) is 0 Å². The van der Waals surface area contributed by atoms with E-state index in [-0.39, 0.29) is 5.63 Å². The number of fused-ring (bicyclic) bond motifs is 9. The summed E-state index contributed by atoms with van der Waals surface area (Å²) in [5, 5.41) is 7.13. The highest BCUT2D eigenvalue weighted by Gasteiger charge is 2.18. The van der Waals surface area contributed by atoms with Crippen LogP contribution in [0.2, 0.25) is 0 Å². The van der Waals surface area contributed by atoms with Gasteiger partial charge in [0.1, 0.15) is 5.58 Å². The van der Waals surface area contributed by atoms with Crippen molar-refractivity contribution in [3.63, 3.8) is 0 Å². The van der Waals surface area contributed by atoms with Crippen LogP contribution in [0.3, 0.4) is 0 Å². The molecule has 0 bridgehead atoms. The average molecular weight is 679 g/mol. The Morgan fingerprint density at radius 1 is 0.321 bits per heavy atom. The van der Waals surface area contributed by atoms with Crippen LogP contribution in [-0.4, -0.2) is 9.13 Å². The van der Waals surface area contributed by atoms with Gasteiger partial charge in [-0.05, 0) is 95.1 Å². The van der Waals surface area contributed by atoms with Crippen molar-refractivity contribution in [1.29, 1.82) is 0 Å². The van der Waals surface area contributed by atoms with E-state index >= 15 is 0 Å². The zero-order valence-corrected chi connectivity index (χ0v) is 28.5. The number of benzene rings is 8. The normalized spacial score (nSPS) is 11.8. The molecule has 3 aromatic heterocycles. The predicted molar refractivity (Wildman–Crippen MR) is 220 cm³/mol. The van der Waals surface area contributed by atoms with E-state index in [1.165, 1.54) is 27.4 Å². The molecule has 0 saturated heterocycles. The molecular formula is C49H30N2O2. The molecule has 0 aliphatic rings. The number of rotatable bonds is 4. The van der Waals surface area contributed by atoms with Gasteiger partial charge in [0, 0.05) is 43.7 Å². The summed E-state index contributed by atoms with van der Waals surface area (Å²) in [6.07, 6.45) is 0. The van der Waals surface area contributed by atoms with Crippen molar-refractivity contribution in [1.82, 2.24) is 9.13 Å². The highest BCUT2D eigenvalue weighted by atomic mass is 16.4. The van der Waals surface area contributed by atoms with Gasteiger partial charge in [-0.25, -0.2) is 4.79 Å². The van der Waals surface area contributed by atoms with E-state index in [1.54, 1.807) is 0 Å². The van der Waals surface area contributed by atoms with E-state index in [0.717, 1.165) is 60.6 Å². The van der Waals surface area contributed by atoms with Gasteiger partial charge in [-0.3, -0.25) is 0 Å². The summed E-state index contributed by atoms with van der Waals surface area (Å²) in [7, 11) is 0. The fourth-order valence-corrected chi connectivity index (χ4v) is 8.31. The van der Waals surface area contributed by atoms with E-state index in [1.807, 2.05) is 36.4 Å². The van der Waals surface area contributed by atoms with Crippen LogP contribution in [-0.2, 0) is 0 Å². The maximum Gasteiger partial charge on any atom is 0.344 e. The zero-order valence-electron chi connectivity index (χ0n) is 28.5. The molecule has 0 saturated carbocycles. The van der Waals surface area contributed by atoms with Gasteiger partial charge in [-0.1, -0.05) is 109 Å². The molecule has 11 aromatic rings. The van der Waals surface area contributed by atoms with Crippen LogP contribution in [0, 0.1) is 0 Å². The van der Waals surface area contributed by atoms with Crippen LogP contribution in [0.1, 0.15) is 0 Å². The second-order valence-electron chi connectivity index (χ2n) is 13.7. The Morgan fingerprint density at radius 3 is 1.51 bits per heavy atom. The molecule has 0 fully saturated rings. The Hall–Kier alpha value is -7.17. The van der Waals surface area contributed by atoms with Crippen molar-refractivity contribution in [3.05, 3.63) is 192 Å². The number of hydrogen-bond acceptors (Lipinski definition) is 2. The van der Waals surface area contributed by atoms with Crippen LogP contribution in [0.4, 0.5) is 0 Å². The number of para-hydroxylation sites is 3. The predicted octanol–water partition coefficient (Wildman–Crippen LogP) is 12.5. The molecule has 0 unspecified atom stereocenters. The van der Waals surface area contributed by atoms with Crippen LogP contribution >= 0.6 is 0 Å². The van der Waals surface area contributed by atoms with Crippen molar-refractivity contribution >= 4 is 65.4 Å². The molecule has 0 aliphatic heterocycles. The summed E-state index contributed by atoms with van der Waals surface area (Å²) in [4.78, 5) is 13.3. The first kappa shape index (κ1) is 29.5. The lowest BCUT2D eigenvalue weighted by Gasteiger charge is -2.11. The second-order valence-corrected chi connectivity index (χ2v) is 13.7. The quantitative estimate of drug-likeness (QED) is 0.137. The molecule has 0 spiro atoms. The van der Waals surface area contributed by atoms with E-state index in [2.05, 4.69) is 155 Å². The molecule has 0 atom stereocenters. The van der Waals surface area contributed by atoms with Gasteiger partial charge in [0.25, 0.3) is 0 Å². The first-order chi connectivity index (χ1) is 26.2. The Balaban J connectivity index is 1.14. The lowest BCUT2D eigenvalue weighted by Crippen LogP contribution is -2.02. The minimum atomic E-state index is -0.334. The monoisotopic (exact) mass is 678 g/mol. The average Bonchev–Trinajstić information content (AvgIpc) is 3.73. The lowest BCUT2D eigenvalue weighted by molar-refractivity contribution is 0.569. The third-order valence-electron chi connectivity index (χ3n) is 10.8. The maximum atomic E-state index is 13.3. The molecule has 53 heavy (non-hydrogen) atoms. The standard InChI is InChI=1S/C49H30N2O2/c52-49-43-30-36(22-23-37(43)39-16-8-10-18-48(39)53-49)51-46-24-19-32(31-11-3-1-4-12-31)27-41(46)42-29-34(21-26-47(42)51)33-20-25-45-40(28-33)38-15-7-9-17-44(38)50(45)35-13-5-2-6-14-35/h1-30H. The van der Waals surface area contributed by atoms with E-state index in [9.17, 15) is 4.79 Å². The van der Waals surface area contributed by atoms with Gasteiger partial charge in [0.05, 0.1) is 27.5 Å². The molecule has 3 heterocycles. The molecule has 0 radical (unpaired) electrons. The summed E-state index contributed by atoms with van der Waals surface area (Å²) in [6.45, 7) is 0. The Kier molecular flexibility index (Phi) is 6.37. The number of nitrogens with zero attached hydrogens (tertiary/aromatic N) is 2. The summed E-state index contributed by atoms with van der Waals surface area (Å²) >= 11 is 0. The fourth-order valence-electron chi connectivity index (χ4n) is 8.31. The van der Waals surface area contributed by atoms with Gasteiger partial charge in [0.15, 0.2) is 0 Å². The maximum absolute atomic E-state index is 13.3.